The Morgan fingerprint density at radius 1 is 1.46 bits per heavy atom. The smallest absolute Gasteiger partial charge is 0.119 e. The highest BCUT2D eigenvalue weighted by atomic mass is 32.2. The Hall–Kier alpha value is -0.350. The van der Waals surface area contributed by atoms with Crippen LogP contribution in [-0.2, 0) is 0 Å². The third kappa shape index (κ3) is 3.91. The van der Waals surface area contributed by atoms with Crippen LogP contribution in [0.25, 0.3) is 0 Å². The molecular formula is C9H14N2S2. The lowest BCUT2D eigenvalue weighted by molar-refractivity contribution is 1.10. The highest BCUT2D eigenvalue weighted by Crippen LogP contribution is 2.22. The van der Waals surface area contributed by atoms with Crippen LogP contribution >= 0.6 is 23.5 Å². The monoisotopic (exact) mass is 214 g/mol. The minimum absolute atomic E-state index is 0.789. The molecule has 0 radical (unpaired) electrons. The second-order valence-electron chi connectivity index (χ2n) is 2.59. The van der Waals surface area contributed by atoms with Crippen LogP contribution in [0.1, 0.15) is 6.42 Å². The Bertz CT molecular complexity index is 253. The van der Waals surface area contributed by atoms with E-state index in [1.807, 2.05) is 23.9 Å². The molecule has 0 unspecified atom stereocenters. The first-order chi connectivity index (χ1) is 6.34. The highest BCUT2D eigenvalue weighted by molar-refractivity contribution is 7.99. The van der Waals surface area contributed by atoms with Crippen molar-refractivity contribution in [2.24, 2.45) is 0 Å². The molecule has 0 fully saturated rings. The number of nitrogens with zero attached hydrogens (tertiary/aromatic N) is 1. The topological polar surface area (TPSA) is 38.9 Å². The first-order valence-corrected chi connectivity index (χ1v) is 6.54. The molecule has 2 N–H and O–H groups in total. The molecule has 4 heteroatoms. The van der Waals surface area contributed by atoms with E-state index >= 15 is 0 Å². The number of anilines is 1. The van der Waals surface area contributed by atoms with Crippen molar-refractivity contribution in [2.75, 3.05) is 23.5 Å². The SMILES string of the molecule is CSCCCSc1ncccc1N. The third-order valence-electron chi connectivity index (χ3n) is 1.53. The zero-order chi connectivity index (χ0) is 9.52. The van der Waals surface area contributed by atoms with Crippen LogP contribution in [-0.4, -0.2) is 22.7 Å². The molecule has 0 bridgehead atoms. The summed E-state index contributed by atoms with van der Waals surface area (Å²) >= 11 is 3.61. The van der Waals surface area contributed by atoms with Crippen LogP contribution < -0.4 is 5.73 Å². The molecule has 0 amide bonds. The molecule has 1 heterocycles. The number of hydrogen-bond acceptors (Lipinski definition) is 4. The third-order valence-corrected chi connectivity index (χ3v) is 3.34. The van der Waals surface area contributed by atoms with Gasteiger partial charge >= 0.3 is 0 Å². The van der Waals surface area contributed by atoms with E-state index in [2.05, 4.69) is 11.2 Å². The van der Waals surface area contributed by atoms with Gasteiger partial charge in [-0.05, 0) is 30.6 Å². The molecule has 1 aromatic rings. The van der Waals surface area contributed by atoms with Crippen molar-refractivity contribution in [3.63, 3.8) is 0 Å². The van der Waals surface area contributed by atoms with Crippen LogP contribution in [0.4, 0.5) is 5.69 Å². The Morgan fingerprint density at radius 2 is 2.31 bits per heavy atom. The van der Waals surface area contributed by atoms with Gasteiger partial charge in [-0.15, -0.1) is 11.8 Å². The second kappa shape index (κ2) is 6.16. The minimum Gasteiger partial charge on any atom is -0.397 e. The summed E-state index contributed by atoms with van der Waals surface area (Å²) in [5.74, 6) is 2.31. The van der Waals surface area contributed by atoms with E-state index in [4.69, 9.17) is 5.73 Å². The van der Waals surface area contributed by atoms with Gasteiger partial charge in [0.25, 0.3) is 0 Å². The summed E-state index contributed by atoms with van der Waals surface area (Å²) in [6, 6.07) is 3.76. The maximum Gasteiger partial charge on any atom is 0.119 e. The zero-order valence-electron chi connectivity index (χ0n) is 7.69. The largest absolute Gasteiger partial charge is 0.397 e. The number of hydrogen-bond donors (Lipinski definition) is 1. The van der Waals surface area contributed by atoms with Gasteiger partial charge in [-0.3, -0.25) is 0 Å². The van der Waals surface area contributed by atoms with Crippen molar-refractivity contribution in [1.29, 1.82) is 0 Å². The lowest BCUT2D eigenvalue weighted by Gasteiger charge is -2.02. The summed E-state index contributed by atoms with van der Waals surface area (Å²) in [7, 11) is 0. The molecule has 0 aliphatic heterocycles. The number of pyridine rings is 1. The van der Waals surface area contributed by atoms with Gasteiger partial charge in [0.15, 0.2) is 0 Å². The lowest BCUT2D eigenvalue weighted by Crippen LogP contribution is -1.92. The minimum atomic E-state index is 0.789. The number of nitrogens with two attached hydrogens (primary N) is 1. The second-order valence-corrected chi connectivity index (χ2v) is 4.66. The number of aromatic nitrogens is 1. The van der Waals surface area contributed by atoms with Crippen molar-refractivity contribution in [2.45, 2.75) is 11.4 Å². The standard InChI is InChI=1S/C9H14N2S2/c1-12-6-3-7-13-9-8(10)4-2-5-11-9/h2,4-5H,3,6-7,10H2,1H3. The van der Waals surface area contributed by atoms with E-state index in [0.717, 1.165) is 16.5 Å². The van der Waals surface area contributed by atoms with Crippen LogP contribution in [0.15, 0.2) is 23.4 Å². The van der Waals surface area contributed by atoms with E-state index in [1.165, 1.54) is 12.2 Å². The summed E-state index contributed by atoms with van der Waals surface area (Å²) in [5, 5.41) is 0.962. The van der Waals surface area contributed by atoms with E-state index in [9.17, 15) is 0 Å². The van der Waals surface area contributed by atoms with E-state index in [0.29, 0.717) is 0 Å². The van der Waals surface area contributed by atoms with Gasteiger partial charge in [-0.25, -0.2) is 4.98 Å². The fourth-order valence-electron chi connectivity index (χ4n) is 0.896. The number of thioether (sulfide) groups is 2. The van der Waals surface area contributed by atoms with Crippen LogP contribution in [0.2, 0.25) is 0 Å². The Kier molecular flexibility index (Phi) is 5.08. The normalized spacial score (nSPS) is 10.2. The first-order valence-electron chi connectivity index (χ1n) is 4.17. The summed E-state index contributed by atoms with van der Waals surface area (Å²) in [6.45, 7) is 0. The fraction of sp³-hybridized carbons (Fsp3) is 0.444. The van der Waals surface area contributed by atoms with Crippen molar-refractivity contribution >= 4 is 29.2 Å². The quantitative estimate of drug-likeness (QED) is 0.604. The lowest BCUT2D eigenvalue weighted by atomic mass is 10.4. The van der Waals surface area contributed by atoms with Crippen molar-refractivity contribution in [3.05, 3.63) is 18.3 Å². The molecule has 0 aliphatic carbocycles. The van der Waals surface area contributed by atoms with Crippen LogP contribution in [0.3, 0.4) is 0 Å². The molecule has 0 atom stereocenters. The molecule has 13 heavy (non-hydrogen) atoms. The van der Waals surface area contributed by atoms with Gasteiger partial charge in [0.05, 0.1) is 5.69 Å². The molecule has 1 aromatic heterocycles. The van der Waals surface area contributed by atoms with E-state index < -0.39 is 0 Å². The Morgan fingerprint density at radius 3 is 3.00 bits per heavy atom. The predicted octanol–water partition coefficient (Wildman–Crippen LogP) is 2.51. The Balaban J connectivity index is 2.32. The van der Waals surface area contributed by atoms with Gasteiger partial charge < -0.3 is 5.73 Å². The van der Waals surface area contributed by atoms with Crippen molar-refractivity contribution in [1.82, 2.24) is 4.98 Å². The van der Waals surface area contributed by atoms with Gasteiger partial charge in [0.1, 0.15) is 5.03 Å². The molecular weight excluding hydrogens is 200 g/mol. The maximum absolute atomic E-state index is 5.75. The summed E-state index contributed by atoms with van der Waals surface area (Å²) in [4.78, 5) is 4.21. The fourth-order valence-corrected chi connectivity index (χ4v) is 2.36. The average Bonchev–Trinajstić information content (AvgIpc) is 2.15. The summed E-state index contributed by atoms with van der Waals surface area (Å²) in [5.41, 5.74) is 6.54. The molecule has 0 aromatic carbocycles. The highest BCUT2D eigenvalue weighted by Gasteiger charge is 1.98. The predicted molar refractivity (Wildman–Crippen MR) is 62.4 cm³/mol. The Labute approximate surface area is 87.7 Å². The molecule has 0 saturated heterocycles. The molecule has 0 aliphatic rings. The molecule has 2 nitrogen and oxygen atoms in total. The van der Waals surface area contributed by atoms with E-state index in [1.54, 1.807) is 18.0 Å². The number of nitrogen functional groups attached to an aromatic ring is 1. The van der Waals surface area contributed by atoms with Gasteiger partial charge in [-0.1, -0.05) is 0 Å². The average molecular weight is 214 g/mol. The molecule has 0 saturated carbocycles. The van der Waals surface area contributed by atoms with Crippen LogP contribution in [0, 0.1) is 0 Å². The van der Waals surface area contributed by atoms with E-state index in [-0.39, 0.29) is 0 Å². The summed E-state index contributed by atoms with van der Waals surface area (Å²) < 4.78 is 0. The summed E-state index contributed by atoms with van der Waals surface area (Å²) in [6.07, 6.45) is 5.12. The first kappa shape index (κ1) is 10.7. The molecule has 1 rings (SSSR count). The van der Waals surface area contributed by atoms with Gasteiger partial charge in [0.2, 0.25) is 0 Å². The van der Waals surface area contributed by atoms with Gasteiger partial charge in [0, 0.05) is 11.9 Å². The maximum atomic E-state index is 5.75. The number of rotatable bonds is 5. The van der Waals surface area contributed by atoms with Crippen LogP contribution in [0.5, 0.6) is 0 Å². The zero-order valence-corrected chi connectivity index (χ0v) is 9.33. The van der Waals surface area contributed by atoms with Crippen molar-refractivity contribution < 1.29 is 0 Å². The van der Waals surface area contributed by atoms with Crippen molar-refractivity contribution in [3.8, 4) is 0 Å². The van der Waals surface area contributed by atoms with Gasteiger partial charge in [-0.2, -0.15) is 11.8 Å². The molecule has 72 valence electrons. The molecule has 0 spiro atoms.